The first kappa shape index (κ1) is 14.3. The number of hydrogen-bond donors (Lipinski definition) is 0. The van der Waals surface area contributed by atoms with Crippen LogP contribution in [0.2, 0.25) is 5.02 Å². The Morgan fingerprint density at radius 3 is 2.57 bits per heavy atom. The molecule has 0 N–H and O–H groups in total. The van der Waals surface area contributed by atoms with E-state index in [0.717, 1.165) is 16.7 Å². The van der Waals surface area contributed by atoms with Gasteiger partial charge in [-0.3, -0.25) is 14.2 Å². The third-order valence-electron chi connectivity index (χ3n) is 4.76. The minimum atomic E-state index is -0.158. The molecule has 0 spiro atoms. The zero-order valence-electron chi connectivity index (χ0n) is 13.0. The predicted octanol–water partition coefficient (Wildman–Crippen LogP) is 3.63. The number of pyridine rings is 1. The molecule has 0 atom stereocenters. The summed E-state index contributed by atoms with van der Waals surface area (Å²) in [5, 5.41) is 1.25. The van der Waals surface area contributed by atoms with Crippen LogP contribution in [0.3, 0.4) is 0 Å². The Morgan fingerprint density at radius 1 is 1.13 bits per heavy atom. The molecule has 3 aromatic rings. The molecule has 5 heteroatoms. The van der Waals surface area contributed by atoms with Gasteiger partial charge in [0.25, 0.3) is 0 Å². The zero-order chi connectivity index (χ0) is 16.5. The Kier molecular flexibility index (Phi) is 2.85. The summed E-state index contributed by atoms with van der Waals surface area (Å²) in [7, 11) is 1.57. The highest BCUT2D eigenvalue weighted by molar-refractivity contribution is 6.36. The zero-order valence-corrected chi connectivity index (χ0v) is 13.7. The van der Waals surface area contributed by atoms with Gasteiger partial charge in [0.05, 0.1) is 40.4 Å². The number of carbonyl (C=O) groups excluding carboxylic acids is 1. The van der Waals surface area contributed by atoms with E-state index in [9.17, 15) is 9.59 Å². The van der Waals surface area contributed by atoms with E-state index in [1.807, 2.05) is 19.9 Å². The first-order chi connectivity index (χ1) is 11.0. The number of aryl methyl sites for hydroxylation is 1. The Balaban J connectivity index is 2.41. The third-order valence-corrected chi connectivity index (χ3v) is 5.07. The van der Waals surface area contributed by atoms with Gasteiger partial charge in [-0.05, 0) is 42.7 Å². The van der Waals surface area contributed by atoms with E-state index < -0.39 is 0 Å². The number of hydrogen-bond acceptors (Lipinski definition) is 3. The number of aromatic nitrogens is 1. The molecule has 2 heterocycles. The summed E-state index contributed by atoms with van der Waals surface area (Å²) in [4.78, 5) is 25.6. The van der Waals surface area contributed by atoms with Crippen molar-refractivity contribution >= 4 is 39.3 Å². The Bertz CT molecular complexity index is 1100. The predicted molar refractivity (Wildman–Crippen MR) is 91.1 cm³/mol. The maximum Gasteiger partial charge on any atom is 0.236 e. The molecule has 1 aromatic heterocycles. The third kappa shape index (κ3) is 1.67. The molecule has 0 bridgehead atoms. The summed E-state index contributed by atoms with van der Waals surface area (Å²) in [6.45, 7) is 3.83. The van der Waals surface area contributed by atoms with Crippen LogP contribution in [0.15, 0.2) is 23.0 Å². The van der Waals surface area contributed by atoms with Crippen LogP contribution in [0.1, 0.15) is 21.5 Å². The van der Waals surface area contributed by atoms with Crippen molar-refractivity contribution in [1.29, 1.82) is 0 Å². The molecule has 0 saturated heterocycles. The lowest BCUT2D eigenvalue weighted by Gasteiger charge is -2.16. The summed E-state index contributed by atoms with van der Waals surface area (Å²) in [5.74, 6) is 0.599. The Labute approximate surface area is 137 Å². The molecule has 0 aliphatic carbocycles. The van der Waals surface area contributed by atoms with Crippen LogP contribution in [0.25, 0.3) is 21.8 Å². The minimum Gasteiger partial charge on any atom is -0.496 e. The number of ether oxygens (including phenoxy) is 1. The van der Waals surface area contributed by atoms with Crippen molar-refractivity contribution in [3.63, 3.8) is 0 Å². The van der Waals surface area contributed by atoms with Crippen LogP contribution >= 0.6 is 11.6 Å². The molecule has 0 unspecified atom stereocenters. The van der Waals surface area contributed by atoms with E-state index in [2.05, 4.69) is 0 Å². The van der Waals surface area contributed by atoms with Gasteiger partial charge in [0.2, 0.25) is 5.91 Å². The maximum atomic E-state index is 13.0. The number of halogens is 1. The van der Waals surface area contributed by atoms with Crippen molar-refractivity contribution < 1.29 is 9.53 Å². The van der Waals surface area contributed by atoms with Crippen molar-refractivity contribution in [2.24, 2.45) is 0 Å². The smallest absolute Gasteiger partial charge is 0.236 e. The summed E-state index contributed by atoms with van der Waals surface area (Å²) < 4.78 is 7.03. The Morgan fingerprint density at radius 2 is 1.87 bits per heavy atom. The molecule has 1 aliphatic rings. The monoisotopic (exact) mass is 327 g/mol. The van der Waals surface area contributed by atoms with Gasteiger partial charge >= 0.3 is 0 Å². The largest absolute Gasteiger partial charge is 0.496 e. The molecule has 4 rings (SSSR count). The summed E-state index contributed by atoms with van der Waals surface area (Å²) in [5.41, 5.74) is 3.79. The van der Waals surface area contributed by atoms with Crippen LogP contribution in [0.4, 0.5) is 0 Å². The van der Waals surface area contributed by atoms with E-state index in [1.54, 1.807) is 23.8 Å². The van der Waals surface area contributed by atoms with Crippen LogP contribution in [0.5, 0.6) is 5.75 Å². The van der Waals surface area contributed by atoms with E-state index in [1.165, 1.54) is 0 Å². The lowest BCUT2D eigenvalue weighted by Crippen LogP contribution is -2.15. The highest BCUT2D eigenvalue weighted by Gasteiger charge is 2.28. The number of carbonyl (C=O) groups is 1. The van der Waals surface area contributed by atoms with Crippen LogP contribution in [0, 0.1) is 13.8 Å². The van der Waals surface area contributed by atoms with Crippen LogP contribution in [-0.2, 0) is 6.42 Å². The molecule has 0 fully saturated rings. The molecule has 2 aromatic carbocycles. The van der Waals surface area contributed by atoms with Crippen molar-refractivity contribution in [3.8, 4) is 5.75 Å². The van der Waals surface area contributed by atoms with Gasteiger partial charge in [-0.1, -0.05) is 17.7 Å². The van der Waals surface area contributed by atoms with Gasteiger partial charge in [-0.2, -0.15) is 0 Å². The van der Waals surface area contributed by atoms with Gasteiger partial charge in [-0.25, -0.2) is 0 Å². The molecule has 4 nitrogen and oxygen atoms in total. The number of rotatable bonds is 1. The molecular weight excluding hydrogens is 314 g/mol. The van der Waals surface area contributed by atoms with Gasteiger partial charge in [0.1, 0.15) is 5.75 Å². The molecule has 0 saturated carbocycles. The molecule has 0 amide bonds. The fourth-order valence-corrected chi connectivity index (χ4v) is 3.75. The molecule has 0 radical (unpaired) electrons. The van der Waals surface area contributed by atoms with Gasteiger partial charge in [-0.15, -0.1) is 0 Å². The lowest BCUT2D eigenvalue weighted by atomic mass is 10.0. The topological polar surface area (TPSA) is 48.3 Å². The van der Waals surface area contributed by atoms with Gasteiger partial charge in [0, 0.05) is 0 Å². The van der Waals surface area contributed by atoms with Gasteiger partial charge in [0.15, 0.2) is 5.43 Å². The van der Waals surface area contributed by atoms with E-state index in [4.69, 9.17) is 16.3 Å². The first-order valence-corrected chi connectivity index (χ1v) is 7.70. The van der Waals surface area contributed by atoms with Crippen molar-refractivity contribution in [2.75, 3.05) is 7.11 Å². The summed E-state index contributed by atoms with van der Waals surface area (Å²) in [6, 6.07) is 5.22. The first-order valence-electron chi connectivity index (χ1n) is 7.33. The number of benzene rings is 2. The molecule has 1 aliphatic heterocycles. The van der Waals surface area contributed by atoms with Crippen molar-refractivity contribution in [1.82, 2.24) is 4.57 Å². The second-order valence-corrected chi connectivity index (χ2v) is 6.30. The van der Waals surface area contributed by atoms with E-state index >= 15 is 0 Å². The highest BCUT2D eigenvalue weighted by atomic mass is 35.5. The normalized spacial score (nSPS) is 13.3. The minimum absolute atomic E-state index is 0.0371. The Hall–Kier alpha value is -2.33. The van der Waals surface area contributed by atoms with Gasteiger partial charge < -0.3 is 4.74 Å². The average Bonchev–Trinajstić information content (AvgIpc) is 2.85. The SMILES string of the molecule is COc1cc2c(=O)c3c(Cl)ccc4c3n(c2c(C)c1C)C(=O)C4. The van der Waals surface area contributed by atoms with E-state index in [0.29, 0.717) is 32.6 Å². The standard InChI is InChI=1S/C18H14ClNO3/c1-8-9(2)16-11(7-13(8)23-3)18(22)15-12(19)5-4-10-6-14(21)20(16)17(10)15/h4-5,7H,6H2,1-3H3. The van der Waals surface area contributed by atoms with Crippen molar-refractivity contribution in [3.05, 3.63) is 50.1 Å². The second kappa shape index (κ2) is 4.59. The highest BCUT2D eigenvalue weighted by Crippen LogP contribution is 2.36. The molecule has 23 heavy (non-hydrogen) atoms. The van der Waals surface area contributed by atoms with Crippen molar-refractivity contribution in [2.45, 2.75) is 20.3 Å². The van der Waals surface area contributed by atoms with E-state index in [-0.39, 0.29) is 17.8 Å². The maximum absolute atomic E-state index is 13.0. The summed E-state index contributed by atoms with van der Waals surface area (Å²) >= 11 is 6.27. The number of nitrogens with zero attached hydrogens (tertiary/aromatic N) is 1. The fourth-order valence-electron chi connectivity index (χ4n) is 3.51. The molecule has 116 valence electrons. The molecular formula is C18H14ClNO3. The quantitative estimate of drug-likeness (QED) is 0.641. The number of fused-ring (bicyclic) bond motifs is 2. The van der Waals surface area contributed by atoms with Crippen LogP contribution in [-0.4, -0.2) is 17.6 Å². The summed E-state index contributed by atoms with van der Waals surface area (Å²) in [6.07, 6.45) is 0.288. The average molecular weight is 328 g/mol. The number of methoxy groups -OCH3 is 1. The fraction of sp³-hybridized carbons (Fsp3) is 0.222. The van der Waals surface area contributed by atoms with Crippen LogP contribution < -0.4 is 10.2 Å². The second-order valence-electron chi connectivity index (χ2n) is 5.89. The lowest BCUT2D eigenvalue weighted by molar-refractivity contribution is 0.0933.